The van der Waals surface area contributed by atoms with Gasteiger partial charge in [0.05, 0.1) is 6.10 Å². The van der Waals surface area contributed by atoms with Crippen LogP contribution < -0.4 is 15.5 Å². The lowest BCUT2D eigenvalue weighted by Crippen LogP contribution is -2.40. The van der Waals surface area contributed by atoms with Crippen molar-refractivity contribution in [1.29, 1.82) is 0 Å². The Morgan fingerprint density at radius 2 is 2.13 bits per heavy atom. The fraction of sp³-hybridized carbons (Fsp3) is 0.588. The third-order valence-corrected chi connectivity index (χ3v) is 4.03. The lowest BCUT2D eigenvalue weighted by Gasteiger charge is -2.17. The van der Waals surface area contributed by atoms with Gasteiger partial charge < -0.3 is 20.3 Å². The van der Waals surface area contributed by atoms with Gasteiger partial charge in [0.15, 0.2) is 5.96 Å². The van der Waals surface area contributed by atoms with Gasteiger partial charge in [-0.2, -0.15) is 0 Å². The average Bonchev–Trinajstić information content (AvgIpc) is 3.01. The van der Waals surface area contributed by atoms with Gasteiger partial charge in [-0.25, -0.2) is 0 Å². The summed E-state index contributed by atoms with van der Waals surface area (Å²) in [5, 5.41) is 6.71. The molecule has 1 aliphatic rings. The summed E-state index contributed by atoms with van der Waals surface area (Å²) in [7, 11) is 5.92. The van der Waals surface area contributed by atoms with Crippen molar-refractivity contribution in [3.8, 4) is 0 Å². The van der Waals surface area contributed by atoms with Crippen LogP contribution >= 0.6 is 24.0 Å². The highest BCUT2D eigenvalue weighted by molar-refractivity contribution is 14.0. The summed E-state index contributed by atoms with van der Waals surface area (Å²) in [6.07, 6.45) is 2.62. The van der Waals surface area contributed by atoms with Gasteiger partial charge in [-0.05, 0) is 43.0 Å². The molecule has 1 saturated heterocycles. The quantitative estimate of drug-likeness (QED) is 0.427. The summed E-state index contributed by atoms with van der Waals surface area (Å²) in [5.74, 6) is 0.826. The van der Waals surface area contributed by atoms with E-state index in [2.05, 4.69) is 59.7 Å². The molecule has 1 aromatic rings. The zero-order valence-corrected chi connectivity index (χ0v) is 16.9. The number of guanidine groups is 1. The molecule has 1 fully saturated rings. The molecule has 1 heterocycles. The molecule has 1 aliphatic heterocycles. The SMILES string of the molecule is CN=C(NCc1ccc(N(C)C)cc1C)NCC1CCCO1.I. The molecule has 0 radical (unpaired) electrons. The summed E-state index contributed by atoms with van der Waals surface area (Å²) in [5.41, 5.74) is 3.79. The molecule has 0 aliphatic carbocycles. The smallest absolute Gasteiger partial charge is 0.191 e. The number of hydrogen-bond donors (Lipinski definition) is 2. The first kappa shape index (κ1) is 20.0. The van der Waals surface area contributed by atoms with E-state index in [0.717, 1.165) is 38.5 Å². The van der Waals surface area contributed by atoms with Crippen LogP contribution in [0, 0.1) is 6.92 Å². The minimum atomic E-state index is 0. The molecule has 0 saturated carbocycles. The highest BCUT2D eigenvalue weighted by atomic mass is 127. The van der Waals surface area contributed by atoms with Crippen LogP contribution in [0.5, 0.6) is 0 Å². The Morgan fingerprint density at radius 1 is 1.35 bits per heavy atom. The Bertz CT molecular complexity index is 513. The van der Waals surface area contributed by atoms with Gasteiger partial charge in [-0.3, -0.25) is 4.99 Å². The molecule has 130 valence electrons. The Hall–Kier alpha value is -1.02. The summed E-state index contributed by atoms with van der Waals surface area (Å²) in [6, 6.07) is 6.52. The molecule has 0 bridgehead atoms. The number of ether oxygens (including phenoxy) is 1. The van der Waals surface area contributed by atoms with Crippen LogP contribution in [0.25, 0.3) is 0 Å². The maximum atomic E-state index is 5.62. The maximum absolute atomic E-state index is 5.62. The van der Waals surface area contributed by atoms with E-state index < -0.39 is 0 Å². The van der Waals surface area contributed by atoms with E-state index in [-0.39, 0.29) is 24.0 Å². The molecular weight excluding hydrogens is 403 g/mol. The van der Waals surface area contributed by atoms with Crippen molar-refractivity contribution >= 4 is 35.6 Å². The van der Waals surface area contributed by atoms with Crippen LogP contribution in [0.15, 0.2) is 23.2 Å². The fourth-order valence-corrected chi connectivity index (χ4v) is 2.57. The number of aryl methyl sites for hydroxylation is 1. The Kier molecular flexibility index (Phi) is 8.68. The predicted octanol–water partition coefficient (Wildman–Crippen LogP) is 2.52. The molecule has 0 spiro atoms. The molecule has 6 heteroatoms. The molecule has 2 N–H and O–H groups in total. The van der Waals surface area contributed by atoms with E-state index in [1.54, 1.807) is 7.05 Å². The van der Waals surface area contributed by atoms with Gasteiger partial charge in [-0.15, -0.1) is 24.0 Å². The second-order valence-corrected chi connectivity index (χ2v) is 5.95. The van der Waals surface area contributed by atoms with E-state index in [4.69, 9.17) is 4.74 Å². The van der Waals surface area contributed by atoms with Crippen molar-refractivity contribution in [3.05, 3.63) is 29.3 Å². The number of aliphatic imine (C=N–C) groups is 1. The highest BCUT2D eigenvalue weighted by Crippen LogP contribution is 2.17. The minimum Gasteiger partial charge on any atom is -0.378 e. The summed E-state index contributed by atoms with van der Waals surface area (Å²) in [4.78, 5) is 6.39. The topological polar surface area (TPSA) is 48.9 Å². The summed E-state index contributed by atoms with van der Waals surface area (Å²) >= 11 is 0. The Morgan fingerprint density at radius 3 is 2.70 bits per heavy atom. The van der Waals surface area contributed by atoms with E-state index in [0.29, 0.717) is 6.10 Å². The van der Waals surface area contributed by atoms with E-state index >= 15 is 0 Å². The molecule has 0 aromatic heterocycles. The normalized spacial score (nSPS) is 17.6. The van der Waals surface area contributed by atoms with Gasteiger partial charge in [0.2, 0.25) is 0 Å². The number of nitrogens with zero attached hydrogens (tertiary/aromatic N) is 2. The number of anilines is 1. The minimum absolute atomic E-state index is 0. The van der Waals surface area contributed by atoms with Gasteiger partial charge in [0, 0.05) is 46.5 Å². The van der Waals surface area contributed by atoms with Crippen molar-refractivity contribution in [2.24, 2.45) is 4.99 Å². The third-order valence-electron chi connectivity index (χ3n) is 4.03. The highest BCUT2D eigenvalue weighted by Gasteiger charge is 2.15. The third kappa shape index (κ3) is 6.18. The first-order valence-electron chi connectivity index (χ1n) is 7.93. The van der Waals surface area contributed by atoms with Gasteiger partial charge in [-0.1, -0.05) is 6.07 Å². The van der Waals surface area contributed by atoms with E-state index in [9.17, 15) is 0 Å². The lowest BCUT2D eigenvalue weighted by atomic mass is 10.1. The standard InChI is InChI=1S/C17H28N4O.HI/c1-13-10-15(21(3)4)8-7-14(13)11-19-17(18-2)20-12-16-6-5-9-22-16;/h7-8,10,16H,5-6,9,11-12H2,1-4H3,(H2,18,19,20);1H. The first-order chi connectivity index (χ1) is 10.6. The van der Waals surface area contributed by atoms with Crippen LogP contribution in [-0.2, 0) is 11.3 Å². The van der Waals surface area contributed by atoms with Crippen molar-refractivity contribution in [2.75, 3.05) is 39.2 Å². The second-order valence-electron chi connectivity index (χ2n) is 5.95. The zero-order valence-electron chi connectivity index (χ0n) is 14.6. The number of hydrogen-bond acceptors (Lipinski definition) is 3. The van der Waals surface area contributed by atoms with Crippen molar-refractivity contribution in [1.82, 2.24) is 10.6 Å². The number of rotatable bonds is 5. The Balaban J connectivity index is 0.00000264. The fourth-order valence-electron chi connectivity index (χ4n) is 2.57. The van der Waals surface area contributed by atoms with Crippen LogP contribution in [-0.4, -0.2) is 46.4 Å². The van der Waals surface area contributed by atoms with Crippen molar-refractivity contribution < 1.29 is 4.74 Å². The van der Waals surface area contributed by atoms with Crippen LogP contribution in [0.4, 0.5) is 5.69 Å². The van der Waals surface area contributed by atoms with Crippen LogP contribution in [0.1, 0.15) is 24.0 Å². The van der Waals surface area contributed by atoms with Gasteiger partial charge in [0.1, 0.15) is 0 Å². The molecule has 1 atom stereocenters. The largest absolute Gasteiger partial charge is 0.378 e. The zero-order chi connectivity index (χ0) is 15.9. The monoisotopic (exact) mass is 432 g/mol. The average molecular weight is 432 g/mol. The Labute approximate surface area is 156 Å². The van der Waals surface area contributed by atoms with Gasteiger partial charge >= 0.3 is 0 Å². The van der Waals surface area contributed by atoms with E-state index in [1.807, 2.05) is 0 Å². The molecule has 1 aromatic carbocycles. The maximum Gasteiger partial charge on any atom is 0.191 e. The molecule has 2 rings (SSSR count). The molecule has 0 amide bonds. The molecule has 1 unspecified atom stereocenters. The lowest BCUT2D eigenvalue weighted by molar-refractivity contribution is 0.114. The van der Waals surface area contributed by atoms with E-state index in [1.165, 1.54) is 16.8 Å². The summed E-state index contributed by atoms with van der Waals surface area (Å²) < 4.78 is 5.62. The van der Waals surface area contributed by atoms with Crippen LogP contribution in [0.2, 0.25) is 0 Å². The molecule has 23 heavy (non-hydrogen) atoms. The van der Waals surface area contributed by atoms with Crippen molar-refractivity contribution in [2.45, 2.75) is 32.4 Å². The number of nitrogens with one attached hydrogen (secondary N) is 2. The second kappa shape index (κ2) is 9.97. The van der Waals surface area contributed by atoms with Gasteiger partial charge in [0.25, 0.3) is 0 Å². The molecule has 5 nitrogen and oxygen atoms in total. The van der Waals surface area contributed by atoms with Crippen molar-refractivity contribution in [3.63, 3.8) is 0 Å². The summed E-state index contributed by atoms with van der Waals surface area (Å²) in [6.45, 7) is 4.62. The first-order valence-corrected chi connectivity index (χ1v) is 7.93. The van der Waals surface area contributed by atoms with Crippen LogP contribution in [0.3, 0.4) is 0 Å². The number of halogens is 1. The molecular formula is C17H29IN4O. The number of benzene rings is 1. The predicted molar refractivity (Wildman–Crippen MR) is 108 cm³/mol.